The molecular weight excluding hydrogens is 288 g/mol. The summed E-state index contributed by atoms with van der Waals surface area (Å²) in [5.41, 5.74) is 0. The molecule has 0 bridgehead atoms. The fraction of sp³-hybridized carbons (Fsp3) is 0.500. The molecule has 2 N–H and O–H groups in total. The monoisotopic (exact) mass is 304 g/mol. The topological polar surface area (TPSA) is 122 Å². The zero-order chi connectivity index (χ0) is 15.3. The quantitative estimate of drug-likeness (QED) is 0.641. The summed E-state index contributed by atoms with van der Waals surface area (Å²) < 4.78 is 27.2. The second kappa shape index (κ2) is 6.48. The van der Waals surface area contributed by atoms with Gasteiger partial charge in [-0.2, -0.15) is 0 Å². The Hall–Kier alpha value is -1.94. The molecule has 0 atom stereocenters. The van der Waals surface area contributed by atoms with Gasteiger partial charge in [0, 0.05) is 26.8 Å². The van der Waals surface area contributed by atoms with E-state index in [4.69, 9.17) is 5.11 Å². The van der Waals surface area contributed by atoms with Crippen molar-refractivity contribution in [2.24, 2.45) is 7.05 Å². The van der Waals surface area contributed by atoms with Crippen LogP contribution in [-0.4, -0.2) is 60.0 Å². The highest BCUT2D eigenvalue weighted by molar-refractivity contribution is 7.89. The lowest BCUT2D eigenvalue weighted by Gasteiger charge is -2.16. The first-order chi connectivity index (χ1) is 9.22. The highest BCUT2D eigenvalue weighted by atomic mass is 32.2. The van der Waals surface area contributed by atoms with E-state index in [-0.39, 0.29) is 18.0 Å². The standard InChI is InChI=1S/C10H16N4O5S/c1-13-6-8(11-7-13)20(18,19)12-5-9(15)14(2)4-3-10(16)17/h6-7,12H,3-5H2,1-2H3,(H,16,17). The Morgan fingerprint density at radius 1 is 1.50 bits per heavy atom. The first kappa shape index (κ1) is 16.1. The van der Waals surface area contributed by atoms with E-state index in [2.05, 4.69) is 9.71 Å². The molecule has 10 heteroatoms. The van der Waals surface area contributed by atoms with Gasteiger partial charge < -0.3 is 14.6 Å². The summed E-state index contributed by atoms with van der Waals surface area (Å²) in [4.78, 5) is 26.8. The van der Waals surface area contributed by atoms with E-state index >= 15 is 0 Å². The molecule has 0 aromatic carbocycles. The number of sulfonamides is 1. The fourth-order valence-electron chi connectivity index (χ4n) is 1.28. The Labute approximate surface area is 116 Å². The van der Waals surface area contributed by atoms with Crippen LogP contribution in [0, 0.1) is 0 Å². The molecule has 1 aromatic rings. The number of hydrogen-bond acceptors (Lipinski definition) is 5. The number of likely N-dealkylation sites (N-methyl/N-ethyl adjacent to an activating group) is 1. The van der Waals surface area contributed by atoms with Gasteiger partial charge in [-0.15, -0.1) is 0 Å². The Balaban J connectivity index is 2.54. The summed E-state index contributed by atoms with van der Waals surface area (Å²) >= 11 is 0. The maximum Gasteiger partial charge on any atom is 0.305 e. The van der Waals surface area contributed by atoms with Crippen LogP contribution in [0.2, 0.25) is 0 Å². The number of imidazole rings is 1. The largest absolute Gasteiger partial charge is 0.481 e. The van der Waals surface area contributed by atoms with E-state index in [0.29, 0.717) is 0 Å². The molecule has 0 spiro atoms. The number of carboxylic acids is 1. The predicted molar refractivity (Wildman–Crippen MR) is 68.3 cm³/mol. The SMILES string of the molecule is CN(CCC(=O)O)C(=O)CNS(=O)(=O)c1cn(C)cn1. The Morgan fingerprint density at radius 2 is 2.15 bits per heavy atom. The van der Waals surface area contributed by atoms with Gasteiger partial charge in [0.15, 0.2) is 5.03 Å². The van der Waals surface area contributed by atoms with Gasteiger partial charge in [-0.3, -0.25) is 9.59 Å². The summed E-state index contributed by atoms with van der Waals surface area (Å²) in [6, 6.07) is 0. The lowest BCUT2D eigenvalue weighted by molar-refractivity contribution is -0.138. The molecule has 0 aliphatic carbocycles. The average Bonchev–Trinajstić information content (AvgIpc) is 2.80. The molecule has 0 aliphatic rings. The fourth-order valence-corrected chi connectivity index (χ4v) is 2.23. The van der Waals surface area contributed by atoms with Gasteiger partial charge in [-0.05, 0) is 0 Å². The number of aryl methyl sites for hydroxylation is 1. The molecule has 0 unspecified atom stereocenters. The zero-order valence-corrected chi connectivity index (χ0v) is 11.9. The van der Waals surface area contributed by atoms with Crippen LogP contribution in [0.25, 0.3) is 0 Å². The third-order valence-corrected chi connectivity index (χ3v) is 3.74. The minimum Gasteiger partial charge on any atom is -0.481 e. The van der Waals surface area contributed by atoms with E-state index in [0.717, 1.165) is 4.90 Å². The molecule has 0 saturated carbocycles. The van der Waals surface area contributed by atoms with Crippen LogP contribution in [0.1, 0.15) is 6.42 Å². The van der Waals surface area contributed by atoms with Gasteiger partial charge in [0.1, 0.15) is 0 Å². The van der Waals surface area contributed by atoms with Crippen LogP contribution in [0.4, 0.5) is 0 Å². The van der Waals surface area contributed by atoms with Crippen molar-refractivity contribution in [2.45, 2.75) is 11.4 Å². The number of hydrogen-bond donors (Lipinski definition) is 2. The predicted octanol–water partition coefficient (Wildman–Crippen LogP) is -1.37. The Morgan fingerprint density at radius 3 is 2.65 bits per heavy atom. The van der Waals surface area contributed by atoms with Crippen molar-refractivity contribution in [1.29, 1.82) is 0 Å². The number of rotatable bonds is 7. The van der Waals surface area contributed by atoms with Crippen molar-refractivity contribution < 1.29 is 23.1 Å². The highest BCUT2D eigenvalue weighted by Crippen LogP contribution is 2.03. The Bertz CT molecular complexity index is 595. The zero-order valence-electron chi connectivity index (χ0n) is 11.1. The molecule has 1 aromatic heterocycles. The number of carboxylic acid groups (broad SMARTS) is 1. The van der Waals surface area contributed by atoms with Crippen LogP contribution < -0.4 is 4.72 Å². The summed E-state index contributed by atoms with van der Waals surface area (Å²) in [5.74, 6) is -1.55. The molecule has 1 amide bonds. The van der Waals surface area contributed by atoms with Crippen LogP contribution in [-0.2, 0) is 26.7 Å². The molecule has 1 rings (SSSR count). The Kier molecular flexibility index (Phi) is 5.22. The van der Waals surface area contributed by atoms with Crippen molar-refractivity contribution in [1.82, 2.24) is 19.2 Å². The molecule has 0 radical (unpaired) electrons. The minimum atomic E-state index is -3.85. The van der Waals surface area contributed by atoms with Crippen molar-refractivity contribution >= 4 is 21.9 Å². The third-order valence-electron chi connectivity index (χ3n) is 2.46. The van der Waals surface area contributed by atoms with Gasteiger partial charge in [0.2, 0.25) is 5.91 Å². The van der Waals surface area contributed by atoms with Crippen LogP contribution in [0.15, 0.2) is 17.6 Å². The van der Waals surface area contributed by atoms with Gasteiger partial charge >= 0.3 is 5.97 Å². The second-order valence-electron chi connectivity index (χ2n) is 4.16. The molecule has 0 saturated heterocycles. The van der Waals surface area contributed by atoms with Crippen LogP contribution in [0.5, 0.6) is 0 Å². The molecule has 9 nitrogen and oxygen atoms in total. The average molecular weight is 304 g/mol. The number of carbonyl (C=O) groups excluding carboxylic acids is 1. The minimum absolute atomic E-state index is 0.0134. The molecule has 20 heavy (non-hydrogen) atoms. The van der Waals surface area contributed by atoms with E-state index in [1.807, 2.05) is 0 Å². The van der Waals surface area contributed by atoms with Gasteiger partial charge in [-0.25, -0.2) is 18.1 Å². The lowest BCUT2D eigenvalue weighted by Crippen LogP contribution is -2.39. The number of amides is 1. The molecular formula is C10H16N4O5S. The maximum atomic E-state index is 11.8. The first-order valence-corrected chi connectivity index (χ1v) is 7.14. The highest BCUT2D eigenvalue weighted by Gasteiger charge is 2.19. The third kappa shape index (κ3) is 4.63. The lowest BCUT2D eigenvalue weighted by atomic mass is 10.4. The van der Waals surface area contributed by atoms with E-state index in [9.17, 15) is 18.0 Å². The van der Waals surface area contributed by atoms with Crippen molar-refractivity contribution in [3.8, 4) is 0 Å². The molecule has 0 aliphatic heterocycles. The van der Waals surface area contributed by atoms with E-state index in [1.54, 1.807) is 7.05 Å². The second-order valence-corrected chi connectivity index (χ2v) is 5.87. The van der Waals surface area contributed by atoms with Crippen LogP contribution in [0.3, 0.4) is 0 Å². The van der Waals surface area contributed by atoms with Gasteiger partial charge in [-0.1, -0.05) is 0 Å². The van der Waals surface area contributed by atoms with Crippen molar-refractivity contribution in [2.75, 3.05) is 20.1 Å². The summed E-state index contributed by atoms with van der Waals surface area (Å²) in [6.45, 7) is -0.436. The summed E-state index contributed by atoms with van der Waals surface area (Å²) in [7, 11) is -0.820. The number of aliphatic carboxylic acids is 1. The van der Waals surface area contributed by atoms with Gasteiger partial charge in [0.25, 0.3) is 10.0 Å². The van der Waals surface area contributed by atoms with E-state index < -0.39 is 28.4 Å². The van der Waals surface area contributed by atoms with Gasteiger partial charge in [0.05, 0.1) is 19.3 Å². The number of nitrogens with zero attached hydrogens (tertiary/aromatic N) is 3. The number of aromatic nitrogens is 2. The van der Waals surface area contributed by atoms with Crippen molar-refractivity contribution in [3.63, 3.8) is 0 Å². The van der Waals surface area contributed by atoms with E-state index in [1.165, 1.54) is 24.1 Å². The summed E-state index contributed by atoms with van der Waals surface area (Å²) in [6.07, 6.45) is 2.44. The molecule has 1 heterocycles. The smallest absolute Gasteiger partial charge is 0.305 e. The number of nitrogens with one attached hydrogen (secondary N) is 1. The maximum absolute atomic E-state index is 11.8. The first-order valence-electron chi connectivity index (χ1n) is 5.66. The normalized spacial score (nSPS) is 11.3. The summed E-state index contributed by atoms with van der Waals surface area (Å²) in [5, 5.41) is 8.31. The molecule has 112 valence electrons. The number of carbonyl (C=O) groups is 2. The molecule has 0 fully saturated rings. The van der Waals surface area contributed by atoms with Crippen molar-refractivity contribution in [3.05, 3.63) is 12.5 Å². The van der Waals surface area contributed by atoms with Crippen LogP contribution >= 0.6 is 0 Å².